The number of H-pyrrole nitrogens is 1. The van der Waals surface area contributed by atoms with Gasteiger partial charge in [-0.1, -0.05) is 0 Å². The van der Waals surface area contributed by atoms with E-state index >= 15 is 0 Å². The Morgan fingerprint density at radius 2 is 1.91 bits per heavy atom. The number of aromatic nitrogens is 1. The topological polar surface area (TPSA) is 83.2 Å². The normalized spacial score (nSPS) is 17.0. The molecule has 6 nitrogen and oxygen atoms in total. The second-order valence-corrected chi connectivity index (χ2v) is 6.55. The molecule has 0 bridgehead atoms. The van der Waals surface area contributed by atoms with Crippen molar-refractivity contribution in [1.29, 1.82) is 0 Å². The van der Waals surface area contributed by atoms with E-state index in [0.29, 0.717) is 24.4 Å². The van der Waals surface area contributed by atoms with E-state index in [4.69, 9.17) is 4.74 Å². The number of hydrogen-bond donors (Lipinski definition) is 3. The zero-order valence-electron chi connectivity index (χ0n) is 14.5. The first-order valence-corrected chi connectivity index (χ1v) is 8.08. The molecule has 0 radical (unpaired) electrons. The van der Waals surface area contributed by atoms with Gasteiger partial charge in [0.2, 0.25) is 0 Å². The molecule has 1 aliphatic heterocycles. The third kappa shape index (κ3) is 3.82. The molecule has 0 unspecified atom stereocenters. The van der Waals surface area contributed by atoms with Crippen LogP contribution in [0.1, 0.15) is 51.9 Å². The maximum Gasteiger partial charge on any atom is 0.268 e. The molecule has 1 aliphatic rings. The first-order valence-electron chi connectivity index (χ1n) is 8.08. The lowest BCUT2D eigenvalue weighted by Gasteiger charge is -2.37. The highest BCUT2D eigenvalue weighted by molar-refractivity contribution is 6.02. The molecule has 0 atom stereocenters. The summed E-state index contributed by atoms with van der Waals surface area (Å²) in [6.07, 6.45) is 1.95. The summed E-state index contributed by atoms with van der Waals surface area (Å²) < 4.78 is 5.37. The molecule has 0 saturated carbocycles. The van der Waals surface area contributed by atoms with Crippen LogP contribution in [0.4, 0.5) is 0 Å². The summed E-state index contributed by atoms with van der Waals surface area (Å²) in [4.78, 5) is 27.3. The highest BCUT2D eigenvalue weighted by atomic mass is 16.5. The average molecular weight is 321 g/mol. The molecule has 0 spiro atoms. The van der Waals surface area contributed by atoms with Gasteiger partial charge >= 0.3 is 0 Å². The number of hydrogen-bond acceptors (Lipinski definition) is 4. The van der Waals surface area contributed by atoms with E-state index in [2.05, 4.69) is 15.6 Å². The van der Waals surface area contributed by atoms with Crippen LogP contribution >= 0.6 is 0 Å². The van der Waals surface area contributed by atoms with Gasteiger partial charge in [-0.25, -0.2) is 0 Å². The number of methoxy groups -OCH3 is 1. The van der Waals surface area contributed by atoms with Gasteiger partial charge in [-0.15, -0.1) is 0 Å². The number of rotatable bonds is 6. The molecule has 2 heterocycles. The monoisotopic (exact) mass is 321 g/mol. The van der Waals surface area contributed by atoms with Crippen molar-refractivity contribution in [3.8, 4) is 0 Å². The Hall–Kier alpha value is -1.66. The molecule has 128 valence electrons. The van der Waals surface area contributed by atoms with Crippen LogP contribution in [0.5, 0.6) is 0 Å². The zero-order chi connectivity index (χ0) is 17.0. The van der Waals surface area contributed by atoms with Gasteiger partial charge in [0, 0.05) is 30.3 Å². The largest absolute Gasteiger partial charge is 0.384 e. The summed E-state index contributed by atoms with van der Waals surface area (Å²) >= 11 is 0. The minimum atomic E-state index is -0.160. The third-order valence-corrected chi connectivity index (χ3v) is 4.76. The molecule has 3 N–H and O–H groups in total. The van der Waals surface area contributed by atoms with Crippen LogP contribution in [0, 0.1) is 19.3 Å². The SMILES string of the molecule is COCC1(CNC(=O)c2[nH]c(C)c(C(C)=O)c2C)CCNCC1. The Kier molecular flexibility index (Phi) is 5.59. The van der Waals surface area contributed by atoms with Crippen LogP contribution in [-0.2, 0) is 4.74 Å². The van der Waals surface area contributed by atoms with E-state index in [1.807, 2.05) is 13.8 Å². The van der Waals surface area contributed by atoms with Gasteiger partial charge in [0.05, 0.1) is 6.61 Å². The predicted molar refractivity (Wildman–Crippen MR) is 89.0 cm³/mol. The number of nitrogens with one attached hydrogen (secondary N) is 3. The summed E-state index contributed by atoms with van der Waals surface area (Å²) in [5, 5.41) is 6.36. The molecule has 1 amide bonds. The fraction of sp³-hybridized carbons (Fsp3) is 0.647. The first kappa shape index (κ1) is 17.7. The Morgan fingerprint density at radius 3 is 2.43 bits per heavy atom. The van der Waals surface area contributed by atoms with Crippen molar-refractivity contribution < 1.29 is 14.3 Å². The van der Waals surface area contributed by atoms with Crippen molar-refractivity contribution in [2.24, 2.45) is 5.41 Å². The Labute approximate surface area is 137 Å². The number of carbonyl (C=O) groups excluding carboxylic acids is 2. The average Bonchev–Trinajstić information content (AvgIpc) is 2.81. The molecule has 1 saturated heterocycles. The van der Waals surface area contributed by atoms with Crippen molar-refractivity contribution in [2.75, 3.05) is 33.4 Å². The number of ketones is 1. The maximum absolute atomic E-state index is 12.5. The van der Waals surface area contributed by atoms with Gasteiger partial charge in [-0.2, -0.15) is 0 Å². The fourth-order valence-electron chi connectivity index (χ4n) is 3.50. The van der Waals surface area contributed by atoms with E-state index in [1.165, 1.54) is 6.92 Å². The quantitative estimate of drug-likeness (QED) is 0.695. The van der Waals surface area contributed by atoms with Gasteiger partial charge in [-0.3, -0.25) is 9.59 Å². The summed E-state index contributed by atoms with van der Waals surface area (Å²) in [6.45, 7) is 8.24. The molecule has 23 heavy (non-hydrogen) atoms. The van der Waals surface area contributed by atoms with Gasteiger partial charge < -0.3 is 20.4 Å². The number of aromatic amines is 1. The molecule has 1 fully saturated rings. The highest BCUT2D eigenvalue weighted by Gasteiger charge is 2.33. The minimum absolute atomic E-state index is 0.0192. The van der Waals surface area contributed by atoms with E-state index in [-0.39, 0.29) is 17.1 Å². The standard InChI is InChI=1S/C17H27N3O3/c1-11-14(13(3)21)12(2)20-15(11)16(22)19-9-17(10-23-4)5-7-18-8-6-17/h18,20H,5-10H2,1-4H3,(H,19,22). The molecule has 6 heteroatoms. The Balaban J connectivity index is 2.10. The molecule has 0 aromatic carbocycles. The summed E-state index contributed by atoms with van der Waals surface area (Å²) in [5.74, 6) is -0.184. The van der Waals surface area contributed by atoms with E-state index in [9.17, 15) is 9.59 Å². The fourth-order valence-corrected chi connectivity index (χ4v) is 3.50. The van der Waals surface area contributed by atoms with E-state index < -0.39 is 0 Å². The van der Waals surface area contributed by atoms with Crippen LogP contribution in [0.15, 0.2) is 0 Å². The van der Waals surface area contributed by atoms with Crippen LogP contribution in [0.3, 0.4) is 0 Å². The second kappa shape index (κ2) is 7.27. The number of ether oxygens (including phenoxy) is 1. The van der Waals surface area contributed by atoms with Crippen molar-refractivity contribution >= 4 is 11.7 Å². The maximum atomic E-state index is 12.5. The lowest BCUT2D eigenvalue weighted by Crippen LogP contribution is -2.47. The van der Waals surface area contributed by atoms with Crippen LogP contribution in [0.25, 0.3) is 0 Å². The lowest BCUT2D eigenvalue weighted by atomic mass is 9.79. The lowest BCUT2D eigenvalue weighted by molar-refractivity contribution is 0.0510. The predicted octanol–water partition coefficient (Wildman–Crippen LogP) is 1.58. The number of Topliss-reactive ketones (excluding diaryl/α,β-unsaturated/α-hetero) is 1. The van der Waals surface area contributed by atoms with Crippen LogP contribution in [-0.4, -0.2) is 50.0 Å². The van der Waals surface area contributed by atoms with Crippen molar-refractivity contribution in [2.45, 2.75) is 33.6 Å². The minimum Gasteiger partial charge on any atom is -0.384 e. The molecule has 2 rings (SSSR count). The van der Waals surface area contributed by atoms with E-state index in [1.54, 1.807) is 7.11 Å². The molecular weight excluding hydrogens is 294 g/mol. The van der Waals surface area contributed by atoms with Crippen molar-refractivity contribution in [3.63, 3.8) is 0 Å². The third-order valence-electron chi connectivity index (χ3n) is 4.76. The van der Waals surface area contributed by atoms with Gasteiger partial charge in [0.25, 0.3) is 5.91 Å². The van der Waals surface area contributed by atoms with E-state index in [0.717, 1.165) is 37.2 Å². The van der Waals surface area contributed by atoms with Crippen molar-refractivity contribution in [1.82, 2.24) is 15.6 Å². The Morgan fingerprint density at radius 1 is 1.26 bits per heavy atom. The van der Waals surface area contributed by atoms with Crippen LogP contribution in [0.2, 0.25) is 0 Å². The number of carbonyl (C=O) groups is 2. The number of amides is 1. The van der Waals surface area contributed by atoms with Gasteiger partial charge in [-0.05, 0) is 52.3 Å². The second-order valence-electron chi connectivity index (χ2n) is 6.55. The molecule has 0 aliphatic carbocycles. The number of piperidine rings is 1. The molecule has 1 aromatic heterocycles. The summed E-state index contributed by atoms with van der Waals surface area (Å²) in [6, 6.07) is 0. The summed E-state index contributed by atoms with van der Waals surface area (Å²) in [7, 11) is 1.70. The highest BCUT2D eigenvalue weighted by Crippen LogP contribution is 2.28. The molecular formula is C17H27N3O3. The van der Waals surface area contributed by atoms with Crippen LogP contribution < -0.4 is 10.6 Å². The Bertz CT molecular complexity index is 581. The van der Waals surface area contributed by atoms with Crippen molar-refractivity contribution in [3.05, 3.63) is 22.5 Å². The smallest absolute Gasteiger partial charge is 0.268 e. The number of aryl methyl sites for hydroxylation is 1. The zero-order valence-corrected chi connectivity index (χ0v) is 14.5. The first-order chi connectivity index (χ1) is 10.9. The van der Waals surface area contributed by atoms with Gasteiger partial charge in [0.15, 0.2) is 5.78 Å². The molecule has 1 aromatic rings. The van der Waals surface area contributed by atoms with Gasteiger partial charge in [0.1, 0.15) is 5.69 Å². The summed E-state index contributed by atoms with van der Waals surface area (Å²) in [5.41, 5.74) is 2.54.